The van der Waals surface area contributed by atoms with Crippen molar-refractivity contribution in [2.24, 2.45) is 0 Å². The second kappa shape index (κ2) is 8.88. The topological polar surface area (TPSA) is 49.3 Å². The van der Waals surface area contributed by atoms with Crippen molar-refractivity contribution in [2.45, 2.75) is 34.1 Å². The lowest BCUT2D eigenvalue weighted by Gasteiger charge is -2.36. The Morgan fingerprint density at radius 3 is 2.26 bits per heavy atom. The van der Waals surface area contributed by atoms with Crippen molar-refractivity contribution in [1.82, 2.24) is 14.9 Å². The number of hydrogen-bond donors (Lipinski definition) is 0. The van der Waals surface area contributed by atoms with Crippen molar-refractivity contribution < 1.29 is 4.79 Å². The zero-order chi connectivity index (χ0) is 22.0. The van der Waals surface area contributed by atoms with E-state index in [2.05, 4.69) is 48.0 Å². The maximum absolute atomic E-state index is 12.9. The van der Waals surface area contributed by atoms with E-state index in [1.807, 2.05) is 43.0 Å². The third-order valence-electron chi connectivity index (χ3n) is 5.93. The van der Waals surface area contributed by atoms with Crippen LogP contribution in [0.2, 0.25) is 0 Å². The first kappa shape index (κ1) is 21.0. The van der Waals surface area contributed by atoms with E-state index in [1.165, 1.54) is 16.7 Å². The highest BCUT2D eigenvalue weighted by Gasteiger charge is 2.25. The van der Waals surface area contributed by atoms with Gasteiger partial charge < -0.3 is 9.80 Å². The van der Waals surface area contributed by atoms with Crippen molar-refractivity contribution in [1.29, 1.82) is 0 Å². The lowest BCUT2D eigenvalue weighted by molar-refractivity contribution is 0.0746. The van der Waals surface area contributed by atoms with Gasteiger partial charge in [-0.1, -0.05) is 47.5 Å². The maximum Gasteiger partial charge on any atom is 0.253 e. The quantitative estimate of drug-likeness (QED) is 0.640. The van der Waals surface area contributed by atoms with Crippen LogP contribution in [0, 0.1) is 27.7 Å². The molecule has 0 aliphatic carbocycles. The van der Waals surface area contributed by atoms with Crippen LogP contribution in [0.3, 0.4) is 0 Å². The van der Waals surface area contributed by atoms with Crippen molar-refractivity contribution in [3.8, 4) is 0 Å². The fourth-order valence-electron chi connectivity index (χ4n) is 4.21. The number of piperazine rings is 1. The van der Waals surface area contributed by atoms with Gasteiger partial charge in [-0.05, 0) is 45.4 Å². The molecule has 3 aromatic rings. The normalized spacial score (nSPS) is 14.1. The van der Waals surface area contributed by atoms with E-state index in [9.17, 15) is 4.79 Å². The summed E-state index contributed by atoms with van der Waals surface area (Å²) in [7, 11) is 0. The van der Waals surface area contributed by atoms with Gasteiger partial charge in [0.25, 0.3) is 5.91 Å². The van der Waals surface area contributed by atoms with Gasteiger partial charge in [0, 0.05) is 49.4 Å². The van der Waals surface area contributed by atoms with Gasteiger partial charge in [0.1, 0.15) is 11.6 Å². The zero-order valence-corrected chi connectivity index (χ0v) is 18.9. The largest absolute Gasteiger partial charge is 0.353 e. The minimum Gasteiger partial charge on any atom is -0.353 e. The van der Waals surface area contributed by atoms with Crippen molar-refractivity contribution in [2.75, 3.05) is 31.1 Å². The van der Waals surface area contributed by atoms with E-state index in [4.69, 9.17) is 4.98 Å². The smallest absolute Gasteiger partial charge is 0.253 e. The molecule has 0 unspecified atom stereocenters. The summed E-state index contributed by atoms with van der Waals surface area (Å²) in [6.07, 6.45) is 0.811. The lowest BCUT2D eigenvalue weighted by Crippen LogP contribution is -2.49. The van der Waals surface area contributed by atoms with Crippen LogP contribution >= 0.6 is 0 Å². The monoisotopic (exact) mass is 414 g/mol. The molecule has 2 aromatic carbocycles. The Morgan fingerprint density at radius 1 is 0.871 bits per heavy atom. The molecule has 5 nitrogen and oxygen atoms in total. The summed E-state index contributed by atoms with van der Waals surface area (Å²) in [6.45, 7) is 11.1. The van der Waals surface area contributed by atoms with Crippen LogP contribution in [0.5, 0.6) is 0 Å². The molecule has 0 spiro atoms. The minimum absolute atomic E-state index is 0.106. The summed E-state index contributed by atoms with van der Waals surface area (Å²) in [5, 5.41) is 0. The maximum atomic E-state index is 12.9. The Kier molecular flexibility index (Phi) is 6.03. The van der Waals surface area contributed by atoms with E-state index in [0.717, 1.165) is 48.0 Å². The minimum atomic E-state index is 0.106. The summed E-state index contributed by atoms with van der Waals surface area (Å²) in [5.74, 6) is 1.90. The summed E-state index contributed by atoms with van der Waals surface area (Å²) >= 11 is 0. The van der Waals surface area contributed by atoms with Crippen molar-refractivity contribution in [3.63, 3.8) is 0 Å². The van der Waals surface area contributed by atoms with Crippen LogP contribution in [-0.4, -0.2) is 47.0 Å². The fraction of sp³-hybridized carbons (Fsp3) is 0.346. The van der Waals surface area contributed by atoms with E-state index < -0.39 is 0 Å². The molecule has 1 saturated heterocycles. The van der Waals surface area contributed by atoms with Gasteiger partial charge in [-0.15, -0.1) is 0 Å². The molecule has 0 bridgehead atoms. The predicted molar refractivity (Wildman–Crippen MR) is 125 cm³/mol. The highest BCUT2D eigenvalue weighted by molar-refractivity contribution is 5.94. The van der Waals surface area contributed by atoms with E-state index in [0.29, 0.717) is 13.1 Å². The third kappa shape index (κ3) is 4.76. The molecule has 0 radical (unpaired) electrons. The number of anilines is 1. The van der Waals surface area contributed by atoms with Gasteiger partial charge in [-0.25, -0.2) is 9.97 Å². The van der Waals surface area contributed by atoms with Gasteiger partial charge >= 0.3 is 0 Å². The zero-order valence-electron chi connectivity index (χ0n) is 18.9. The van der Waals surface area contributed by atoms with Crippen LogP contribution in [0.25, 0.3) is 0 Å². The molecule has 4 rings (SSSR count). The number of benzene rings is 2. The average molecular weight is 415 g/mol. The number of carbonyl (C=O) groups is 1. The summed E-state index contributed by atoms with van der Waals surface area (Å²) in [6, 6.07) is 16.4. The number of carbonyl (C=O) groups excluding carboxylic acids is 1. The molecule has 2 heterocycles. The molecule has 31 heavy (non-hydrogen) atoms. The molecule has 1 aromatic heterocycles. The first-order chi connectivity index (χ1) is 14.9. The van der Waals surface area contributed by atoms with Gasteiger partial charge in [-0.3, -0.25) is 4.79 Å². The molecule has 5 heteroatoms. The van der Waals surface area contributed by atoms with Gasteiger partial charge in [0.2, 0.25) is 0 Å². The Balaban J connectivity index is 1.52. The van der Waals surface area contributed by atoms with Gasteiger partial charge in [0.15, 0.2) is 0 Å². The predicted octanol–water partition coefficient (Wildman–Crippen LogP) is 4.26. The number of rotatable bonds is 4. The number of nitrogens with zero attached hydrogens (tertiary/aromatic N) is 4. The van der Waals surface area contributed by atoms with Crippen LogP contribution in [0.4, 0.5) is 5.82 Å². The molecule has 1 amide bonds. The molecule has 0 saturated carbocycles. The van der Waals surface area contributed by atoms with E-state index in [-0.39, 0.29) is 5.91 Å². The summed E-state index contributed by atoms with van der Waals surface area (Å²) in [5.41, 5.74) is 6.65. The van der Waals surface area contributed by atoms with Crippen LogP contribution in [0.1, 0.15) is 44.1 Å². The van der Waals surface area contributed by atoms with Crippen molar-refractivity contribution in [3.05, 3.63) is 87.9 Å². The molecule has 160 valence electrons. The summed E-state index contributed by atoms with van der Waals surface area (Å²) < 4.78 is 0. The Morgan fingerprint density at radius 2 is 1.58 bits per heavy atom. The molecule has 1 aliphatic heterocycles. The number of aryl methyl sites for hydroxylation is 4. The van der Waals surface area contributed by atoms with Gasteiger partial charge in [0.05, 0.1) is 0 Å². The van der Waals surface area contributed by atoms with Crippen LogP contribution in [0.15, 0.2) is 48.5 Å². The Hall–Kier alpha value is -3.21. The summed E-state index contributed by atoms with van der Waals surface area (Å²) in [4.78, 5) is 26.6. The van der Waals surface area contributed by atoms with Crippen molar-refractivity contribution >= 4 is 11.7 Å². The van der Waals surface area contributed by atoms with Gasteiger partial charge in [-0.2, -0.15) is 0 Å². The SMILES string of the molecule is Cc1ccc(C(=O)N2CCN(c3nc(C)nc(C)c3Cc3cccc(C)c3)CC2)cc1. The van der Waals surface area contributed by atoms with Crippen LogP contribution < -0.4 is 4.90 Å². The Bertz CT molecular complexity index is 1080. The first-order valence-corrected chi connectivity index (χ1v) is 10.9. The highest BCUT2D eigenvalue weighted by atomic mass is 16.2. The molecule has 1 fully saturated rings. The number of hydrogen-bond acceptors (Lipinski definition) is 4. The Labute approximate surface area is 184 Å². The molecule has 1 aliphatic rings. The number of aromatic nitrogens is 2. The second-order valence-corrected chi connectivity index (χ2v) is 8.47. The molecular formula is C26H30N4O. The second-order valence-electron chi connectivity index (χ2n) is 8.47. The average Bonchev–Trinajstić information content (AvgIpc) is 2.76. The lowest BCUT2D eigenvalue weighted by atomic mass is 10.0. The number of amides is 1. The standard InChI is InChI=1S/C26H30N4O/c1-18-8-10-23(11-9-18)26(31)30-14-12-29(13-15-30)25-24(20(3)27-21(4)28-25)17-22-7-5-6-19(2)16-22/h5-11,16H,12-15,17H2,1-4H3. The molecule has 0 N–H and O–H groups in total. The molecule has 0 atom stereocenters. The fourth-order valence-corrected chi connectivity index (χ4v) is 4.21. The first-order valence-electron chi connectivity index (χ1n) is 10.9. The van der Waals surface area contributed by atoms with E-state index >= 15 is 0 Å². The van der Waals surface area contributed by atoms with Crippen LogP contribution in [-0.2, 0) is 6.42 Å². The third-order valence-corrected chi connectivity index (χ3v) is 5.93. The molecular weight excluding hydrogens is 384 g/mol. The highest BCUT2D eigenvalue weighted by Crippen LogP contribution is 2.25. The van der Waals surface area contributed by atoms with E-state index in [1.54, 1.807) is 0 Å².